The molecule has 1 heterocycles. The van der Waals surface area contributed by atoms with Crippen LogP contribution >= 0.6 is 0 Å². The van der Waals surface area contributed by atoms with Crippen LogP contribution in [-0.2, 0) is 0 Å². The van der Waals surface area contributed by atoms with Gasteiger partial charge in [0, 0.05) is 33.4 Å². The second kappa shape index (κ2) is 9.66. The SMILES string of the molecule is Cc1cccc(-c2cccc(Nc3cc4c(cc3-c3ccccc3)c3ccccc3n4-c3ccccc3)c2)c1. The lowest BCUT2D eigenvalue weighted by Crippen LogP contribution is -1.97. The van der Waals surface area contributed by atoms with Gasteiger partial charge in [-0.3, -0.25) is 0 Å². The fourth-order valence-electron chi connectivity index (χ4n) is 5.59. The fraction of sp³-hybridized carbons (Fsp3) is 0.0270. The maximum Gasteiger partial charge on any atom is 0.0562 e. The van der Waals surface area contributed by atoms with Crippen LogP contribution in [0.15, 0.2) is 146 Å². The third-order valence-corrected chi connectivity index (χ3v) is 7.40. The molecule has 39 heavy (non-hydrogen) atoms. The van der Waals surface area contributed by atoms with Gasteiger partial charge in [0.1, 0.15) is 0 Å². The molecular weight excluding hydrogens is 472 g/mol. The number of rotatable bonds is 5. The highest BCUT2D eigenvalue weighted by Crippen LogP contribution is 2.40. The molecule has 2 heteroatoms. The first-order valence-corrected chi connectivity index (χ1v) is 13.4. The summed E-state index contributed by atoms with van der Waals surface area (Å²) in [5.74, 6) is 0. The Morgan fingerprint density at radius 2 is 1.15 bits per heavy atom. The Balaban J connectivity index is 1.45. The van der Waals surface area contributed by atoms with Crippen molar-refractivity contribution in [3.8, 4) is 27.9 Å². The number of hydrogen-bond donors (Lipinski definition) is 1. The molecule has 1 N–H and O–H groups in total. The molecule has 0 spiro atoms. The van der Waals surface area contributed by atoms with Gasteiger partial charge in [-0.25, -0.2) is 0 Å². The molecule has 6 aromatic carbocycles. The number of fused-ring (bicyclic) bond motifs is 3. The van der Waals surface area contributed by atoms with Crippen molar-refractivity contribution in [2.75, 3.05) is 5.32 Å². The van der Waals surface area contributed by atoms with Crippen LogP contribution in [0.2, 0.25) is 0 Å². The number of nitrogens with one attached hydrogen (secondary N) is 1. The molecule has 0 radical (unpaired) electrons. The van der Waals surface area contributed by atoms with Gasteiger partial charge in [-0.2, -0.15) is 0 Å². The molecule has 0 amide bonds. The van der Waals surface area contributed by atoms with Crippen LogP contribution in [0.3, 0.4) is 0 Å². The molecule has 0 bridgehead atoms. The highest BCUT2D eigenvalue weighted by Gasteiger charge is 2.16. The second-order valence-electron chi connectivity index (χ2n) is 10.0. The minimum Gasteiger partial charge on any atom is -0.355 e. The van der Waals surface area contributed by atoms with Crippen molar-refractivity contribution in [2.45, 2.75) is 6.92 Å². The monoisotopic (exact) mass is 500 g/mol. The van der Waals surface area contributed by atoms with E-state index in [9.17, 15) is 0 Å². The zero-order chi connectivity index (χ0) is 26.2. The van der Waals surface area contributed by atoms with E-state index < -0.39 is 0 Å². The van der Waals surface area contributed by atoms with Crippen molar-refractivity contribution in [1.82, 2.24) is 4.57 Å². The Bertz CT molecular complexity index is 1930. The Hall–Kier alpha value is -5.08. The van der Waals surface area contributed by atoms with Crippen molar-refractivity contribution < 1.29 is 0 Å². The Labute approximate surface area is 228 Å². The first-order chi connectivity index (χ1) is 19.2. The van der Waals surface area contributed by atoms with Gasteiger partial charge < -0.3 is 9.88 Å². The molecule has 0 aliphatic heterocycles. The molecule has 0 aliphatic carbocycles. The van der Waals surface area contributed by atoms with E-state index in [0.717, 1.165) is 17.1 Å². The predicted octanol–water partition coefficient (Wildman–Crippen LogP) is 10.2. The molecule has 0 fully saturated rings. The first kappa shape index (κ1) is 23.1. The summed E-state index contributed by atoms with van der Waals surface area (Å²) < 4.78 is 2.37. The molecule has 0 aliphatic rings. The Morgan fingerprint density at radius 3 is 1.95 bits per heavy atom. The average molecular weight is 501 g/mol. The average Bonchev–Trinajstić information content (AvgIpc) is 3.31. The van der Waals surface area contributed by atoms with Crippen LogP contribution in [-0.4, -0.2) is 4.57 Å². The van der Waals surface area contributed by atoms with E-state index >= 15 is 0 Å². The summed E-state index contributed by atoms with van der Waals surface area (Å²) in [5.41, 5.74) is 11.7. The number of nitrogens with zero attached hydrogens (tertiary/aromatic N) is 1. The summed E-state index contributed by atoms with van der Waals surface area (Å²) in [7, 11) is 0. The van der Waals surface area contributed by atoms with Gasteiger partial charge >= 0.3 is 0 Å². The van der Waals surface area contributed by atoms with Gasteiger partial charge in [0.25, 0.3) is 0 Å². The summed E-state index contributed by atoms with van der Waals surface area (Å²) >= 11 is 0. The minimum atomic E-state index is 1.06. The molecule has 7 aromatic rings. The topological polar surface area (TPSA) is 17.0 Å². The number of aromatic nitrogens is 1. The van der Waals surface area contributed by atoms with Gasteiger partial charge in [-0.1, -0.05) is 109 Å². The zero-order valence-corrected chi connectivity index (χ0v) is 21.8. The van der Waals surface area contributed by atoms with Crippen molar-refractivity contribution in [3.63, 3.8) is 0 Å². The van der Waals surface area contributed by atoms with Crippen LogP contribution < -0.4 is 5.32 Å². The van der Waals surface area contributed by atoms with Crippen LogP contribution in [0.1, 0.15) is 5.56 Å². The molecule has 2 nitrogen and oxygen atoms in total. The van der Waals surface area contributed by atoms with Crippen molar-refractivity contribution in [1.29, 1.82) is 0 Å². The predicted molar refractivity (Wildman–Crippen MR) is 166 cm³/mol. The standard InChI is InChI=1S/C37H28N2/c1-26-12-10-15-28(22-26)29-16-11-17-30(23-29)38-35-25-37-34(24-33(35)27-13-4-2-5-14-27)32-20-8-9-21-36(32)39(37)31-18-6-3-7-19-31/h2-25,38H,1H3. The lowest BCUT2D eigenvalue weighted by Gasteiger charge is -2.16. The summed E-state index contributed by atoms with van der Waals surface area (Å²) in [5, 5.41) is 6.29. The van der Waals surface area contributed by atoms with E-state index in [1.54, 1.807) is 0 Å². The smallest absolute Gasteiger partial charge is 0.0562 e. The van der Waals surface area contributed by atoms with Crippen LogP contribution in [0.5, 0.6) is 0 Å². The van der Waals surface area contributed by atoms with Crippen LogP contribution in [0, 0.1) is 6.92 Å². The Morgan fingerprint density at radius 1 is 0.487 bits per heavy atom. The van der Waals surface area contributed by atoms with Crippen LogP contribution in [0.25, 0.3) is 49.7 Å². The largest absolute Gasteiger partial charge is 0.355 e. The molecule has 186 valence electrons. The molecule has 7 rings (SSSR count). The number of aryl methyl sites for hydroxylation is 1. The highest BCUT2D eigenvalue weighted by atomic mass is 15.0. The van der Waals surface area contributed by atoms with E-state index in [1.165, 1.54) is 49.6 Å². The van der Waals surface area contributed by atoms with Gasteiger partial charge in [0.05, 0.1) is 11.0 Å². The zero-order valence-electron chi connectivity index (χ0n) is 21.8. The van der Waals surface area contributed by atoms with Gasteiger partial charge in [0.15, 0.2) is 0 Å². The van der Waals surface area contributed by atoms with Gasteiger partial charge in [0.2, 0.25) is 0 Å². The van der Waals surface area contributed by atoms with Gasteiger partial charge in [-0.05, 0) is 66.1 Å². The van der Waals surface area contributed by atoms with E-state index in [2.05, 4.69) is 162 Å². The van der Waals surface area contributed by atoms with E-state index in [1.807, 2.05) is 0 Å². The molecule has 0 atom stereocenters. The minimum absolute atomic E-state index is 1.06. The highest BCUT2D eigenvalue weighted by molar-refractivity contribution is 6.12. The van der Waals surface area contributed by atoms with Crippen molar-refractivity contribution in [2.24, 2.45) is 0 Å². The molecule has 0 unspecified atom stereocenters. The van der Waals surface area contributed by atoms with Crippen molar-refractivity contribution >= 4 is 33.2 Å². The summed E-state index contributed by atoms with van der Waals surface area (Å²) in [6.07, 6.45) is 0. The van der Waals surface area contributed by atoms with Crippen LogP contribution in [0.4, 0.5) is 11.4 Å². The van der Waals surface area contributed by atoms with Crippen molar-refractivity contribution in [3.05, 3.63) is 151 Å². The fourth-order valence-corrected chi connectivity index (χ4v) is 5.59. The number of anilines is 2. The Kier molecular flexibility index (Phi) is 5.71. The number of para-hydroxylation sites is 2. The normalized spacial score (nSPS) is 11.2. The number of hydrogen-bond acceptors (Lipinski definition) is 1. The van der Waals surface area contributed by atoms with E-state index in [-0.39, 0.29) is 0 Å². The summed E-state index contributed by atoms with van der Waals surface area (Å²) in [6, 6.07) is 52.0. The third-order valence-electron chi connectivity index (χ3n) is 7.40. The summed E-state index contributed by atoms with van der Waals surface area (Å²) in [6.45, 7) is 2.14. The van der Waals surface area contributed by atoms with E-state index in [4.69, 9.17) is 0 Å². The summed E-state index contributed by atoms with van der Waals surface area (Å²) in [4.78, 5) is 0. The molecule has 0 saturated carbocycles. The maximum absolute atomic E-state index is 3.80. The lowest BCUT2D eigenvalue weighted by atomic mass is 9.99. The van der Waals surface area contributed by atoms with Gasteiger partial charge in [-0.15, -0.1) is 0 Å². The quantitative estimate of drug-likeness (QED) is 0.249. The molecule has 0 saturated heterocycles. The second-order valence-corrected chi connectivity index (χ2v) is 10.0. The number of benzene rings is 6. The lowest BCUT2D eigenvalue weighted by molar-refractivity contribution is 1.18. The third kappa shape index (κ3) is 4.26. The maximum atomic E-state index is 3.80. The van der Waals surface area contributed by atoms with E-state index in [0.29, 0.717) is 0 Å². The first-order valence-electron chi connectivity index (χ1n) is 13.4. The molecule has 1 aromatic heterocycles. The molecular formula is C37H28N2.